The quantitative estimate of drug-likeness (QED) is 0.128. The molecule has 0 fully saturated rings. The van der Waals surface area contributed by atoms with Gasteiger partial charge < -0.3 is 66.8 Å². The maximum Gasteiger partial charge on any atom is 0.215 e. The molecule has 0 aliphatic rings. The molecule has 0 amide bonds. The number of hydrogen-bond acceptors (Lipinski definition) is 4. The summed E-state index contributed by atoms with van der Waals surface area (Å²) in [7, 11) is 0. The summed E-state index contributed by atoms with van der Waals surface area (Å²) in [6.45, 7) is 0. The Morgan fingerprint density at radius 1 is 0.500 bits per heavy atom. The summed E-state index contributed by atoms with van der Waals surface area (Å²) in [5.41, 5.74) is 1.34. The summed E-state index contributed by atoms with van der Waals surface area (Å²) >= 11 is 0. The molecule has 6 nitrogen and oxygen atoms in total. The van der Waals surface area contributed by atoms with Crippen molar-refractivity contribution in [1.82, 2.24) is 19.1 Å². The van der Waals surface area contributed by atoms with Crippen LogP contribution in [0.1, 0.15) is 0 Å². The average molecular weight is 1010 g/mol. The normalized spacial score (nSPS) is 9.64. The van der Waals surface area contributed by atoms with Crippen molar-refractivity contribution in [1.29, 1.82) is 0 Å². The van der Waals surface area contributed by atoms with E-state index in [-0.39, 0.29) is 42.1 Å². The fourth-order valence-corrected chi connectivity index (χ4v) is 4.53. The van der Waals surface area contributed by atoms with Crippen molar-refractivity contribution in [2.24, 2.45) is 0 Å². The predicted octanol–water partition coefficient (Wildman–Crippen LogP) is 9.00. The molecule has 8 aromatic rings. The molecule has 4 aromatic carbocycles. The molecular formula is C42H24N4O2Pt2-6. The maximum absolute atomic E-state index is 6.89. The predicted molar refractivity (Wildman–Crippen MR) is 185 cm³/mol. The van der Waals surface area contributed by atoms with Gasteiger partial charge in [-0.2, -0.15) is 12.1 Å². The van der Waals surface area contributed by atoms with Crippen LogP contribution in [0.3, 0.4) is 0 Å². The first kappa shape index (κ1) is 37.2. The Kier molecular flexibility index (Phi) is 14.0. The van der Waals surface area contributed by atoms with E-state index in [0.29, 0.717) is 34.4 Å². The third-order valence-corrected chi connectivity index (χ3v) is 6.74. The van der Waals surface area contributed by atoms with Gasteiger partial charge in [0.05, 0.1) is 0 Å². The fourth-order valence-electron chi connectivity index (χ4n) is 4.53. The van der Waals surface area contributed by atoms with Crippen LogP contribution >= 0.6 is 0 Å². The third-order valence-electron chi connectivity index (χ3n) is 6.74. The summed E-state index contributed by atoms with van der Waals surface area (Å²) in [4.78, 5) is 8.28. The molecule has 50 heavy (non-hydrogen) atoms. The number of nitrogens with zero attached hydrogens (tertiary/aromatic N) is 4. The van der Waals surface area contributed by atoms with Gasteiger partial charge in [-0.05, 0) is 12.1 Å². The molecule has 8 heteroatoms. The van der Waals surface area contributed by atoms with Crippen molar-refractivity contribution in [3.63, 3.8) is 0 Å². The van der Waals surface area contributed by atoms with Crippen molar-refractivity contribution in [3.8, 4) is 46.5 Å². The smallest absolute Gasteiger partial charge is 0.215 e. The van der Waals surface area contributed by atoms with E-state index >= 15 is 0 Å². The number of ether oxygens (including phenoxy) is 2. The average Bonchev–Trinajstić information content (AvgIpc) is 3.78. The van der Waals surface area contributed by atoms with Gasteiger partial charge in [-0.3, -0.25) is 12.1 Å². The second-order valence-electron chi connectivity index (χ2n) is 10.0. The van der Waals surface area contributed by atoms with Crippen LogP contribution in [-0.2, 0) is 42.1 Å². The molecule has 0 saturated carbocycles. The van der Waals surface area contributed by atoms with Gasteiger partial charge in [0, 0.05) is 113 Å². The molecule has 0 unspecified atom stereocenters. The summed E-state index contributed by atoms with van der Waals surface area (Å²) in [5.74, 6) is 2.08. The SMILES string of the molecule is [C-]#Cn1cc2ccccc2c1.[C-]#Cn1cc2ccccc2c1.[Pt].[Pt].[c-]1ccc(Oc2ccccn2)[c-]c1-c1[c-]ccc(Oc2ccccn2)[c-]1. The Labute approximate surface area is 320 Å². The number of pyridine rings is 2. The maximum atomic E-state index is 6.89. The van der Waals surface area contributed by atoms with Gasteiger partial charge in [-0.15, -0.1) is 0 Å². The number of benzene rings is 4. The largest absolute Gasteiger partial charge is 0.669 e. The van der Waals surface area contributed by atoms with Crippen LogP contribution in [0.15, 0.2) is 146 Å². The van der Waals surface area contributed by atoms with E-state index in [9.17, 15) is 0 Å². The van der Waals surface area contributed by atoms with Gasteiger partial charge in [-0.1, -0.05) is 72.2 Å². The molecule has 250 valence electrons. The number of hydrogen-bond donors (Lipinski definition) is 0. The molecule has 4 heterocycles. The summed E-state index contributed by atoms with van der Waals surface area (Å²) in [6.07, 6.45) is 24.6. The van der Waals surface area contributed by atoms with E-state index in [0.717, 1.165) is 21.5 Å². The van der Waals surface area contributed by atoms with Gasteiger partial charge in [0.15, 0.2) is 0 Å². The molecule has 0 aliphatic heterocycles. The van der Waals surface area contributed by atoms with E-state index in [4.69, 9.17) is 22.3 Å². The Bertz CT molecular complexity index is 2110. The zero-order valence-electron chi connectivity index (χ0n) is 26.1. The molecule has 4 aromatic heterocycles. The molecule has 0 bridgehead atoms. The summed E-state index contributed by atoms with van der Waals surface area (Å²) < 4.78 is 14.7. The van der Waals surface area contributed by atoms with Crippen LogP contribution < -0.4 is 9.47 Å². The summed E-state index contributed by atoms with van der Waals surface area (Å²) in [5, 5.41) is 4.58. The molecular weight excluding hydrogens is 983 g/mol. The van der Waals surface area contributed by atoms with Gasteiger partial charge in [0.1, 0.15) is 0 Å². The van der Waals surface area contributed by atoms with Gasteiger partial charge in [0.25, 0.3) is 0 Å². The first-order valence-corrected chi connectivity index (χ1v) is 14.7. The van der Waals surface area contributed by atoms with Gasteiger partial charge in [0.2, 0.25) is 11.8 Å². The van der Waals surface area contributed by atoms with Crippen molar-refractivity contribution >= 4 is 21.5 Å². The third kappa shape index (κ3) is 10.2. The van der Waals surface area contributed by atoms with E-state index < -0.39 is 0 Å². The van der Waals surface area contributed by atoms with Crippen LogP contribution in [0.25, 0.3) is 32.7 Å². The van der Waals surface area contributed by atoms with Crippen molar-refractivity contribution in [2.75, 3.05) is 0 Å². The first-order valence-electron chi connectivity index (χ1n) is 14.7. The van der Waals surface area contributed by atoms with Crippen molar-refractivity contribution in [3.05, 3.63) is 183 Å². The Balaban J connectivity index is 0.000000193. The second kappa shape index (κ2) is 18.8. The van der Waals surface area contributed by atoms with E-state index in [2.05, 4.69) is 46.3 Å². The number of rotatable bonds is 5. The van der Waals surface area contributed by atoms with Crippen LogP contribution in [0, 0.1) is 49.2 Å². The van der Waals surface area contributed by atoms with Crippen LogP contribution in [0.5, 0.6) is 23.3 Å². The minimum Gasteiger partial charge on any atom is -0.669 e. The second-order valence-corrected chi connectivity index (χ2v) is 10.0. The molecule has 0 radical (unpaired) electrons. The topological polar surface area (TPSA) is 54.1 Å². The minimum atomic E-state index is 0. The van der Waals surface area contributed by atoms with Gasteiger partial charge in [-0.25, -0.2) is 22.1 Å². The Hall–Kier alpha value is -5.64. The fraction of sp³-hybridized carbons (Fsp3) is 0. The van der Waals surface area contributed by atoms with E-state index in [1.54, 1.807) is 57.9 Å². The first-order chi connectivity index (χ1) is 23.7. The van der Waals surface area contributed by atoms with Gasteiger partial charge >= 0.3 is 0 Å². The molecule has 0 aliphatic carbocycles. The number of aromatic nitrogens is 4. The van der Waals surface area contributed by atoms with Crippen LogP contribution in [0.2, 0.25) is 0 Å². The van der Waals surface area contributed by atoms with Crippen LogP contribution in [-0.4, -0.2) is 19.1 Å². The van der Waals surface area contributed by atoms with Crippen molar-refractivity contribution < 1.29 is 51.6 Å². The number of fused-ring (bicyclic) bond motifs is 2. The molecule has 0 atom stereocenters. The minimum absolute atomic E-state index is 0. The summed E-state index contributed by atoms with van der Waals surface area (Å²) in [6, 6.07) is 51.1. The van der Waals surface area contributed by atoms with E-state index in [1.807, 2.05) is 97.6 Å². The monoisotopic (exact) mass is 1010 g/mol. The molecule has 0 N–H and O–H groups in total. The molecule has 0 saturated heterocycles. The van der Waals surface area contributed by atoms with E-state index in [1.165, 1.54) is 0 Å². The van der Waals surface area contributed by atoms with Crippen molar-refractivity contribution in [2.45, 2.75) is 0 Å². The zero-order valence-corrected chi connectivity index (χ0v) is 30.6. The Morgan fingerprint density at radius 2 is 0.860 bits per heavy atom. The Morgan fingerprint density at radius 3 is 1.18 bits per heavy atom. The molecule has 8 rings (SSSR count). The standard InChI is InChI=1S/C22H12N2O2.2C10H6N.2Pt/c1-3-13-23-21(11-1)25-19-9-5-7-17(15-19)18-8-6-10-20(16-18)26-22-12-2-4-14-24-22;2*1-2-11-7-9-5-3-4-6-10(9)8-11;;/h1-6,9-14H;2*3-8H;;/q-4;2*-1;;. The zero-order chi connectivity index (χ0) is 33.0. The molecule has 0 spiro atoms. The van der Waals surface area contributed by atoms with Crippen LogP contribution in [0.4, 0.5) is 0 Å².